The van der Waals surface area contributed by atoms with E-state index in [4.69, 9.17) is 16.3 Å². The van der Waals surface area contributed by atoms with E-state index in [1.807, 2.05) is 17.0 Å². The van der Waals surface area contributed by atoms with Gasteiger partial charge in [0.05, 0.1) is 6.61 Å². The van der Waals surface area contributed by atoms with E-state index in [0.717, 1.165) is 32.8 Å². The molecule has 1 atom stereocenters. The van der Waals surface area contributed by atoms with Gasteiger partial charge in [0.25, 0.3) is 5.91 Å². The topological polar surface area (TPSA) is 32.8 Å². The van der Waals surface area contributed by atoms with Crippen molar-refractivity contribution in [3.8, 4) is 0 Å². The molecule has 110 valence electrons. The Bertz CT molecular complexity index is 459. The van der Waals surface area contributed by atoms with Gasteiger partial charge < -0.3 is 9.64 Å². The number of carbonyl (C=O) groups is 1. The van der Waals surface area contributed by atoms with E-state index in [1.165, 1.54) is 0 Å². The minimum absolute atomic E-state index is 0.0616. The van der Waals surface area contributed by atoms with Crippen LogP contribution in [0.25, 0.3) is 0 Å². The fourth-order valence-electron chi connectivity index (χ4n) is 2.52. The van der Waals surface area contributed by atoms with Gasteiger partial charge in [0.15, 0.2) is 0 Å². The highest BCUT2D eigenvalue weighted by atomic mass is 35.5. The molecule has 1 aliphatic rings. The van der Waals surface area contributed by atoms with E-state index in [1.54, 1.807) is 19.2 Å². The molecular weight excluding hydrogens is 276 g/mol. The van der Waals surface area contributed by atoms with Crippen molar-refractivity contribution < 1.29 is 9.53 Å². The van der Waals surface area contributed by atoms with Gasteiger partial charge >= 0.3 is 0 Å². The summed E-state index contributed by atoms with van der Waals surface area (Å²) in [6, 6.07) is 7.52. The number of nitrogens with zero attached hydrogens (tertiary/aromatic N) is 2. The van der Waals surface area contributed by atoms with Crippen LogP contribution in [0.15, 0.2) is 24.3 Å². The summed E-state index contributed by atoms with van der Waals surface area (Å²) in [6.45, 7) is 6.15. The predicted molar refractivity (Wildman–Crippen MR) is 80.3 cm³/mol. The predicted octanol–water partition coefficient (Wildman–Crippen LogP) is 2.13. The minimum atomic E-state index is 0.0616. The van der Waals surface area contributed by atoms with Gasteiger partial charge in [0.2, 0.25) is 0 Å². The number of methoxy groups -OCH3 is 1. The molecule has 0 aromatic heterocycles. The lowest BCUT2D eigenvalue weighted by Crippen LogP contribution is -2.52. The first kappa shape index (κ1) is 15.3. The van der Waals surface area contributed by atoms with Crippen LogP contribution < -0.4 is 0 Å². The zero-order valence-electron chi connectivity index (χ0n) is 12.0. The highest BCUT2D eigenvalue weighted by molar-refractivity contribution is 6.30. The van der Waals surface area contributed by atoms with Gasteiger partial charge in [0, 0.05) is 49.9 Å². The van der Waals surface area contributed by atoms with Crippen LogP contribution >= 0.6 is 11.6 Å². The maximum atomic E-state index is 12.4. The Morgan fingerprint density at radius 1 is 1.35 bits per heavy atom. The molecule has 1 aromatic carbocycles. The third kappa shape index (κ3) is 3.72. The van der Waals surface area contributed by atoms with Gasteiger partial charge in [-0.1, -0.05) is 17.7 Å². The molecule has 1 amide bonds. The number of piperazine rings is 1. The fraction of sp³-hybridized carbons (Fsp3) is 0.533. The summed E-state index contributed by atoms with van der Waals surface area (Å²) in [7, 11) is 1.72. The van der Waals surface area contributed by atoms with Gasteiger partial charge in [-0.15, -0.1) is 0 Å². The van der Waals surface area contributed by atoms with E-state index in [9.17, 15) is 4.79 Å². The number of ether oxygens (including phenoxy) is 1. The molecule has 4 nitrogen and oxygen atoms in total. The van der Waals surface area contributed by atoms with Crippen LogP contribution in [-0.4, -0.2) is 61.6 Å². The SMILES string of the molecule is COCC(C)N1CCN(C(=O)c2cccc(Cl)c2)CC1. The third-order valence-electron chi connectivity index (χ3n) is 3.70. The van der Waals surface area contributed by atoms with E-state index >= 15 is 0 Å². The Hall–Kier alpha value is -1.10. The van der Waals surface area contributed by atoms with Crippen LogP contribution in [0.5, 0.6) is 0 Å². The number of carbonyl (C=O) groups excluding carboxylic acids is 1. The normalized spacial score (nSPS) is 18.1. The molecule has 0 bridgehead atoms. The zero-order chi connectivity index (χ0) is 14.5. The number of halogens is 1. The molecule has 2 rings (SSSR count). The lowest BCUT2D eigenvalue weighted by Gasteiger charge is -2.37. The van der Waals surface area contributed by atoms with Gasteiger partial charge in [-0.2, -0.15) is 0 Å². The first-order valence-corrected chi connectivity index (χ1v) is 7.27. The number of hydrogen-bond donors (Lipinski definition) is 0. The molecule has 0 N–H and O–H groups in total. The molecule has 0 radical (unpaired) electrons. The summed E-state index contributed by atoms with van der Waals surface area (Å²) >= 11 is 5.93. The zero-order valence-corrected chi connectivity index (χ0v) is 12.8. The summed E-state index contributed by atoms with van der Waals surface area (Å²) in [5.41, 5.74) is 0.663. The number of hydrogen-bond acceptors (Lipinski definition) is 3. The molecule has 20 heavy (non-hydrogen) atoms. The summed E-state index contributed by atoms with van der Waals surface area (Å²) in [5.74, 6) is 0.0616. The van der Waals surface area contributed by atoms with Gasteiger partial charge in [-0.05, 0) is 25.1 Å². The third-order valence-corrected chi connectivity index (χ3v) is 3.94. The standard InChI is InChI=1S/C15H21ClN2O2/c1-12(11-20-2)17-6-8-18(9-7-17)15(19)13-4-3-5-14(16)10-13/h3-5,10,12H,6-9,11H2,1-2H3. The highest BCUT2D eigenvalue weighted by Gasteiger charge is 2.24. The second kappa shape index (κ2) is 7.07. The molecule has 1 saturated heterocycles. The van der Waals surface area contributed by atoms with Crippen LogP contribution in [0.2, 0.25) is 5.02 Å². The lowest BCUT2D eigenvalue weighted by atomic mass is 10.1. The number of amides is 1. The van der Waals surface area contributed by atoms with Crippen molar-refractivity contribution in [2.75, 3.05) is 39.9 Å². The molecule has 1 aliphatic heterocycles. The van der Waals surface area contributed by atoms with Crippen LogP contribution in [0, 0.1) is 0 Å². The van der Waals surface area contributed by atoms with Gasteiger partial charge in [0.1, 0.15) is 0 Å². The number of benzene rings is 1. The van der Waals surface area contributed by atoms with Gasteiger partial charge in [-0.25, -0.2) is 0 Å². The molecule has 0 saturated carbocycles. The van der Waals surface area contributed by atoms with Crippen molar-refractivity contribution in [3.05, 3.63) is 34.9 Å². The maximum absolute atomic E-state index is 12.4. The summed E-state index contributed by atoms with van der Waals surface area (Å²) in [6.07, 6.45) is 0. The van der Waals surface area contributed by atoms with Crippen LogP contribution in [-0.2, 0) is 4.74 Å². The molecule has 0 spiro atoms. The average molecular weight is 297 g/mol. The largest absolute Gasteiger partial charge is 0.383 e. The van der Waals surface area contributed by atoms with Crippen molar-refractivity contribution in [3.63, 3.8) is 0 Å². The molecule has 1 heterocycles. The van der Waals surface area contributed by atoms with Crippen molar-refractivity contribution in [2.45, 2.75) is 13.0 Å². The summed E-state index contributed by atoms with van der Waals surface area (Å²) in [4.78, 5) is 16.6. The number of rotatable bonds is 4. The Labute approximate surface area is 125 Å². The molecule has 1 aromatic rings. The second-order valence-corrected chi connectivity index (χ2v) is 5.58. The minimum Gasteiger partial charge on any atom is -0.383 e. The summed E-state index contributed by atoms with van der Waals surface area (Å²) < 4.78 is 5.18. The molecular formula is C15H21ClN2O2. The Morgan fingerprint density at radius 3 is 2.65 bits per heavy atom. The van der Waals surface area contributed by atoms with Crippen LogP contribution in [0.3, 0.4) is 0 Å². The Morgan fingerprint density at radius 2 is 2.05 bits per heavy atom. The Balaban J connectivity index is 1.92. The van der Waals surface area contributed by atoms with E-state index in [0.29, 0.717) is 16.6 Å². The average Bonchev–Trinajstić information content (AvgIpc) is 2.47. The first-order chi connectivity index (χ1) is 9.61. The quantitative estimate of drug-likeness (QED) is 0.853. The Kier molecular flexibility index (Phi) is 5.40. The van der Waals surface area contributed by atoms with Gasteiger partial charge in [-0.3, -0.25) is 9.69 Å². The van der Waals surface area contributed by atoms with Crippen molar-refractivity contribution in [2.24, 2.45) is 0 Å². The highest BCUT2D eigenvalue weighted by Crippen LogP contribution is 2.15. The smallest absolute Gasteiger partial charge is 0.253 e. The molecule has 0 aliphatic carbocycles. The second-order valence-electron chi connectivity index (χ2n) is 5.14. The van der Waals surface area contributed by atoms with Crippen molar-refractivity contribution in [1.82, 2.24) is 9.80 Å². The first-order valence-electron chi connectivity index (χ1n) is 6.89. The molecule has 5 heteroatoms. The van der Waals surface area contributed by atoms with E-state index in [-0.39, 0.29) is 5.91 Å². The van der Waals surface area contributed by atoms with Crippen molar-refractivity contribution >= 4 is 17.5 Å². The van der Waals surface area contributed by atoms with Crippen LogP contribution in [0.4, 0.5) is 0 Å². The maximum Gasteiger partial charge on any atom is 0.253 e. The van der Waals surface area contributed by atoms with Crippen LogP contribution in [0.1, 0.15) is 17.3 Å². The molecule has 1 unspecified atom stereocenters. The lowest BCUT2D eigenvalue weighted by molar-refractivity contribution is 0.0449. The fourth-order valence-corrected chi connectivity index (χ4v) is 2.71. The monoisotopic (exact) mass is 296 g/mol. The molecule has 1 fully saturated rings. The van der Waals surface area contributed by atoms with E-state index < -0.39 is 0 Å². The summed E-state index contributed by atoms with van der Waals surface area (Å²) in [5, 5.41) is 0.600. The van der Waals surface area contributed by atoms with Crippen molar-refractivity contribution in [1.29, 1.82) is 0 Å². The van der Waals surface area contributed by atoms with E-state index in [2.05, 4.69) is 11.8 Å².